The maximum Gasteiger partial charge on any atom is 0.233 e. The van der Waals surface area contributed by atoms with Crippen LogP contribution in [-0.2, 0) is 0 Å². The van der Waals surface area contributed by atoms with Gasteiger partial charge in [-0.2, -0.15) is 0 Å². The van der Waals surface area contributed by atoms with E-state index in [1.54, 1.807) is 0 Å². The Morgan fingerprint density at radius 1 is 1.24 bits per heavy atom. The molecular weight excluding hydrogens is 214 g/mol. The Bertz CT molecular complexity index is 325. The van der Waals surface area contributed by atoms with Gasteiger partial charge in [0, 0.05) is 5.92 Å². The largest absolute Gasteiger partial charge is 0.423 e. The van der Waals surface area contributed by atoms with Crippen molar-refractivity contribution in [3.63, 3.8) is 0 Å². The molecule has 1 heterocycles. The summed E-state index contributed by atoms with van der Waals surface area (Å²) in [6, 6.07) is 0.196. The fourth-order valence-electron chi connectivity index (χ4n) is 2.58. The summed E-state index contributed by atoms with van der Waals surface area (Å²) in [4.78, 5) is 0. The molecule has 1 aliphatic carbocycles. The van der Waals surface area contributed by atoms with Gasteiger partial charge in [-0.05, 0) is 26.3 Å². The highest BCUT2D eigenvalue weighted by molar-refractivity contribution is 4.95. The van der Waals surface area contributed by atoms with Gasteiger partial charge in [0.15, 0.2) is 0 Å². The highest BCUT2D eigenvalue weighted by Crippen LogP contribution is 2.31. The standard InChI is InChI=1S/C13H23N3O/c1-3-11(14-2)13-16-15-12(17-13)10-8-6-4-5-7-9-10/h10-11,14H,3-9H2,1-2H3. The van der Waals surface area contributed by atoms with Gasteiger partial charge in [0.1, 0.15) is 0 Å². The van der Waals surface area contributed by atoms with Gasteiger partial charge in [0.2, 0.25) is 11.8 Å². The van der Waals surface area contributed by atoms with Crippen LogP contribution in [-0.4, -0.2) is 17.2 Å². The first-order valence-corrected chi connectivity index (χ1v) is 6.85. The van der Waals surface area contributed by atoms with E-state index in [0.29, 0.717) is 5.92 Å². The van der Waals surface area contributed by atoms with Crippen molar-refractivity contribution in [3.05, 3.63) is 11.8 Å². The Labute approximate surface area is 103 Å². The normalized spacial score (nSPS) is 20.1. The zero-order chi connectivity index (χ0) is 12.1. The molecule has 0 bridgehead atoms. The highest BCUT2D eigenvalue weighted by Gasteiger charge is 2.22. The number of rotatable bonds is 4. The molecule has 0 aromatic carbocycles. The third kappa shape index (κ3) is 3.06. The van der Waals surface area contributed by atoms with Gasteiger partial charge in [0.25, 0.3) is 0 Å². The van der Waals surface area contributed by atoms with Gasteiger partial charge in [-0.25, -0.2) is 0 Å². The molecule has 0 spiro atoms. The van der Waals surface area contributed by atoms with Gasteiger partial charge >= 0.3 is 0 Å². The number of hydrogen-bond acceptors (Lipinski definition) is 4. The molecule has 1 aliphatic rings. The molecule has 0 saturated heterocycles. The zero-order valence-corrected chi connectivity index (χ0v) is 10.9. The van der Waals surface area contributed by atoms with E-state index < -0.39 is 0 Å². The Hall–Kier alpha value is -0.900. The van der Waals surface area contributed by atoms with Crippen LogP contribution in [0.1, 0.15) is 75.6 Å². The Morgan fingerprint density at radius 2 is 1.94 bits per heavy atom. The Morgan fingerprint density at radius 3 is 2.53 bits per heavy atom. The van der Waals surface area contributed by atoms with Crippen molar-refractivity contribution >= 4 is 0 Å². The van der Waals surface area contributed by atoms with Crippen LogP contribution >= 0.6 is 0 Å². The number of hydrogen-bond donors (Lipinski definition) is 1. The molecule has 1 N–H and O–H groups in total. The van der Waals surface area contributed by atoms with Gasteiger partial charge in [0.05, 0.1) is 6.04 Å². The summed E-state index contributed by atoms with van der Waals surface area (Å²) >= 11 is 0. The minimum atomic E-state index is 0.196. The monoisotopic (exact) mass is 237 g/mol. The van der Waals surface area contributed by atoms with Crippen LogP contribution in [0.2, 0.25) is 0 Å². The highest BCUT2D eigenvalue weighted by atomic mass is 16.4. The summed E-state index contributed by atoms with van der Waals surface area (Å²) in [6.45, 7) is 2.12. The van der Waals surface area contributed by atoms with Crippen LogP contribution in [0, 0.1) is 0 Å². The number of nitrogens with one attached hydrogen (secondary N) is 1. The lowest BCUT2D eigenvalue weighted by atomic mass is 10.0. The molecule has 1 saturated carbocycles. The lowest BCUT2D eigenvalue weighted by molar-refractivity contribution is 0.357. The average Bonchev–Trinajstić information content (AvgIpc) is 2.67. The minimum Gasteiger partial charge on any atom is -0.423 e. The molecular formula is C13H23N3O. The van der Waals surface area contributed by atoms with E-state index in [1.807, 2.05) is 7.05 Å². The van der Waals surface area contributed by atoms with Crippen molar-refractivity contribution in [2.24, 2.45) is 0 Å². The second kappa shape index (κ2) is 6.15. The van der Waals surface area contributed by atoms with Crippen molar-refractivity contribution in [1.82, 2.24) is 15.5 Å². The van der Waals surface area contributed by atoms with E-state index in [-0.39, 0.29) is 6.04 Å². The molecule has 0 amide bonds. The molecule has 1 aromatic heterocycles. The third-order valence-corrected chi connectivity index (χ3v) is 3.72. The fourth-order valence-corrected chi connectivity index (χ4v) is 2.58. The van der Waals surface area contributed by atoms with Crippen molar-refractivity contribution in [3.8, 4) is 0 Å². The van der Waals surface area contributed by atoms with E-state index in [0.717, 1.165) is 18.2 Å². The molecule has 1 atom stereocenters. The lowest BCUT2D eigenvalue weighted by Crippen LogP contribution is -2.15. The van der Waals surface area contributed by atoms with Crippen molar-refractivity contribution in [2.75, 3.05) is 7.05 Å². The molecule has 2 rings (SSSR count). The lowest BCUT2D eigenvalue weighted by Gasteiger charge is -2.09. The average molecular weight is 237 g/mol. The first-order chi connectivity index (χ1) is 8.35. The Balaban J connectivity index is 2.05. The van der Waals surface area contributed by atoms with Crippen LogP contribution in [0.5, 0.6) is 0 Å². The van der Waals surface area contributed by atoms with Gasteiger partial charge in [-0.15, -0.1) is 10.2 Å². The molecule has 17 heavy (non-hydrogen) atoms. The Kier molecular flexibility index (Phi) is 4.54. The summed E-state index contributed by atoms with van der Waals surface area (Å²) in [5.74, 6) is 2.10. The molecule has 4 heteroatoms. The summed E-state index contributed by atoms with van der Waals surface area (Å²) < 4.78 is 5.84. The van der Waals surface area contributed by atoms with Crippen LogP contribution in [0.3, 0.4) is 0 Å². The van der Waals surface area contributed by atoms with Crippen LogP contribution in [0.4, 0.5) is 0 Å². The van der Waals surface area contributed by atoms with Crippen molar-refractivity contribution < 1.29 is 4.42 Å². The van der Waals surface area contributed by atoms with E-state index in [2.05, 4.69) is 22.4 Å². The molecule has 96 valence electrons. The topological polar surface area (TPSA) is 51.0 Å². The fraction of sp³-hybridized carbons (Fsp3) is 0.846. The first kappa shape index (κ1) is 12.6. The van der Waals surface area contributed by atoms with Gasteiger partial charge in [-0.1, -0.05) is 32.6 Å². The van der Waals surface area contributed by atoms with Crippen molar-refractivity contribution in [2.45, 2.75) is 63.8 Å². The molecule has 4 nitrogen and oxygen atoms in total. The van der Waals surface area contributed by atoms with E-state index >= 15 is 0 Å². The molecule has 0 aliphatic heterocycles. The quantitative estimate of drug-likeness (QED) is 0.817. The van der Waals surface area contributed by atoms with E-state index in [9.17, 15) is 0 Å². The minimum absolute atomic E-state index is 0.196. The van der Waals surface area contributed by atoms with E-state index in [4.69, 9.17) is 4.42 Å². The third-order valence-electron chi connectivity index (χ3n) is 3.72. The first-order valence-electron chi connectivity index (χ1n) is 6.85. The molecule has 1 fully saturated rings. The zero-order valence-electron chi connectivity index (χ0n) is 10.9. The summed E-state index contributed by atoms with van der Waals surface area (Å²) in [5, 5.41) is 11.6. The summed E-state index contributed by atoms with van der Waals surface area (Å²) in [6.07, 6.45) is 8.69. The summed E-state index contributed by atoms with van der Waals surface area (Å²) in [7, 11) is 1.93. The number of aromatic nitrogens is 2. The SMILES string of the molecule is CCC(NC)c1nnc(C2CCCCCC2)o1. The predicted octanol–water partition coefficient (Wildman–Crippen LogP) is 3.18. The maximum atomic E-state index is 5.84. The van der Waals surface area contributed by atoms with Crippen LogP contribution in [0.15, 0.2) is 4.42 Å². The second-order valence-electron chi connectivity index (χ2n) is 4.92. The van der Waals surface area contributed by atoms with Gasteiger partial charge < -0.3 is 9.73 Å². The molecule has 1 aromatic rings. The predicted molar refractivity (Wildman–Crippen MR) is 66.8 cm³/mol. The maximum absolute atomic E-state index is 5.84. The van der Waals surface area contributed by atoms with Gasteiger partial charge in [-0.3, -0.25) is 0 Å². The molecule has 1 unspecified atom stereocenters. The molecule has 0 radical (unpaired) electrons. The second-order valence-corrected chi connectivity index (χ2v) is 4.92. The number of nitrogens with zero attached hydrogens (tertiary/aromatic N) is 2. The van der Waals surface area contributed by atoms with Crippen LogP contribution < -0.4 is 5.32 Å². The van der Waals surface area contributed by atoms with E-state index in [1.165, 1.54) is 38.5 Å². The smallest absolute Gasteiger partial charge is 0.233 e. The van der Waals surface area contributed by atoms with Crippen LogP contribution in [0.25, 0.3) is 0 Å². The summed E-state index contributed by atoms with van der Waals surface area (Å²) in [5.41, 5.74) is 0. The van der Waals surface area contributed by atoms with Crippen molar-refractivity contribution in [1.29, 1.82) is 0 Å².